The lowest BCUT2D eigenvalue weighted by atomic mass is 9.95. The highest BCUT2D eigenvalue weighted by atomic mass is 15.1. The summed E-state index contributed by atoms with van der Waals surface area (Å²) in [5.41, 5.74) is 12.9. The van der Waals surface area contributed by atoms with Gasteiger partial charge < -0.3 is 4.90 Å². The van der Waals surface area contributed by atoms with Crippen LogP contribution in [-0.4, -0.2) is 0 Å². The fraction of sp³-hybridized carbons (Fsp3) is 0. The Morgan fingerprint density at radius 2 is 0.681 bits per heavy atom. The molecule has 222 valence electrons. The lowest BCUT2D eigenvalue weighted by Gasteiger charge is -2.29. The van der Waals surface area contributed by atoms with Gasteiger partial charge in [-0.1, -0.05) is 164 Å². The fourth-order valence-electron chi connectivity index (χ4n) is 6.42. The molecule has 8 aromatic rings. The van der Waals surface area contributed by atoms with Crippen LogP contribution >= 0.6 is 0 Å². The zero-order chi connectivity index (χ0) is 31.4. The van der Waals surface area contributed by atoms with Crippen molar-refractivity contribution in [2.75, 3.05) is 4.90 Å². The van der Waals surface area contributed by atoms with Gasteiger partial charge in [0.15, 0.2) is 0 Å². The molecule has 8 aromatic carbocycles. The quantitative estimate of drug-likeness (QED) is 0.176. The summed E-state index contributed by atoms with van der Waals surface area (Å²) >= 11 is 0. The second-order valence-corrected chi connectivity index (χ2v) is 11.8. The number of fused-ring (bicyclic) bond motifs is 1. The third kappa shape index (κ3) is 5.83. The predicted octanol–water partition coefficient (Wildman–Crippen LogP) is 13.0. The minimum atomic E-state index is 1.11. The third-order valence-electron chi connectivity index (χ3n) is 8.87. The Morgan fingerprint density at radius 3 is 1.32 bits per heavy atom. The van der Waals surface area contributed by atoms with E-state index in [4.69, 9.17) is 0 Å². The van der Waals surface area contributed by atoms with Crippen molar-refractivity contribution in [1.29, 1.82) is 0 Å². The molecule has 0 aliphatic carbocycles. The molecule has 0 bridgehead atoms. The molecule has 0 heterocycles. The van der Waals surface area contributed by atoms with E-state index in [0.29, 0.717) is 0 Å². The maximum Gasteiger partial charge on any atom is 0.0546 e. The number of hydrogen-bond acceptors (Lipinski definition) is 1. The van der Waals surface area contributed by atoms with Crippen LogP contribution in [0.25, 0.3) is 55.3 Å². The van der Waals surface area contributed by atoms with Gasteiger partial charge in [0.05, 0.1) is 5.69 Å². The average molecular weight is 600 g/mol. The Morgan fingerprint density at radius 1 is 0.255 bits per heavy atom. The summed E-state index contributed by atoms with van der Waals surface area (Å²) in [4.78, 5) is 2.38. The lowest BCUT2D eigenvalue weighted by molar-refractivity contribution is 1.28. The van der Waals surface area contributed by atoms with Gasteiger partial charge in [0.25, 0.3) is 0 Å². The van der Waals surface area contributed by atoms with Gasteiger partial charge in [-0.3, -0.25) is 0 Å². The lowest BCUT2D eigenvalue weighted by Crippen LogP contribution is -2.11. The number of benzene rings is 8. The summed E-state index contributed by atoms with van der Waals surface area (Å²) in [7, 11) is 0. The van der Waals surface area contributed by atoms with Gasteiger partial charge in [-0.15, -0.1) is 0 Å². The predicted molar refractivity (Wildman–Crippen MR) is 200 cm³/mol. The third-order valence-corrected chi connectivity index (χ3v) is 8.87. The summed E-state index contributed by atoms with van der Waals surface area (Å²) in [6.07, 6.45) is 0. The number of nitrogens with zero attached hydrogens (tertiary/aromatic N) is 1. The zero-order valence-electron chi connectivity index (χ0n) is 26.0. The number of para-hydroxylation sites is 1. The van der Waals surface area contributed by atoms with Gasteiger partial charge in [0.1, 0.15) is 0 Å². The topological polar surface area (TPSA) is 3.24 Å². The fourth-order valence-corrected chi connectivity index (χ4v) is 6.42. The first-order valence-electron chi connectivity index (χ1n) is 16.1. The SMILES string of the molecule is c1ccc(-c2ccc(-c3ccc(N(c4ccccc4)c4cc(-c5ccc6ccccc6c5)ccc4-c4ccccc4)cc3)cc2)cc1. The van der Waals surface area contributed by atoms with E-state index in [1.165, 1.54) is 55.3 Å². The second kappa shape index (κ2) is 12.7. The Bertz CT molecular complexity index is 2250. The summed E-state index contributed by atoms with van der Waals surface area (Å²) in [6, 6.07) is 71.9. The summed E-state index contributed by atoms with van der Waals surface area (Å²) < 4.78 is 0. The first kappa shape index (κ1) is 28.3. The van der Waals surface area contributed by atoms with Gasteiger partial charge in [0.2, 0.25) is 0 Å². The highest BCUT2D eigenvalue weighted by molar-refractivity contribution is 5.93. The Hall–Kier alpha value is -6.18. The average Bonchev–Trinajstić information content (AvgIpc) is 3.16. The summed E-state index contributed by atoms with van der Waals surface area (Å²) in [5, 5.41) is 2.49. The minimum Gasteiger partial charge on any atom is -0.310 e. The van der Waals surface area contributed by atoms with E-state index in [1.54, 1.807) is 0 Å². The number of hydrogen-bond donors (Lipinski definition) is 0. The molecule has 0 radical (unpaired) electrons. The van der Waals surface area contributed by atoms with Gasteiger partial charge in [-0.2, -0.15) is 0 Å². The Kier molecular flexibility index (Phi) is 7.63. The van der Waals surface area contributed by atoms with Crippen LogP contribution in [0, 0.1) is 0 Å². The normalized spacial score (nSPS) is 11.0. The van der Waals surface area contributed by atoms with Crippen LogP contribution in [0.15, 0.2) is 200 Å². The molecule has 0 aliphatic heterocycles. The molecule has 8 rings (SSSR count). The van der Waals surface area contributed by atoms with Gasteiger partial charge >= 0.3 is 0 Å². The smallest absolute Gasteiger partial charge is 0.0546 e. The molecule has 1 heteroatoms. The van der Waals surface area contributed by atoms with Crippen LogP contribution in [0.4, 0.5) is 17.1 Å². The zero-order valence-corrected chi connectivity index (χ0v) is 26.0. The number of anilines is 3. The molecule has 0 aromatic heterocycles. The van der Waals surface area contributed by atoms with Crippen molar-refractivity contribution in [3.63, 3.8) is 0 Å². The number of rotatable bonds is 7. The molecular weight excluding hydrogens is 567 g/mol. The molecule has 0 N–H and O–H groups in total. The Labute approximate surface area is 276 Å². The highest BCUT2D eigenvalue weighted by Gasteiger charge is 2.18. The van der Waals surface area contributed by atoms with Crippen molar-refractivity contribution in [1.82, 2.24) is 0 Å². The van der Waals surface area contributed by atoms with Gasteiger partial charge in [0, 0.05) is 16.9 Å². The molecule has 0 amide bonds. The molecule has 0 fully saturated rings. The van der Waals surface area contributed by atoms with E-state index in [0.717, 1.165) is 17.1 Å². The monoisotopic (exact) mass is 599 g/mol. The van der Waals surface area contributed by atoms with Crippen LogP contribution in [0.1, 0.15) is 0 Å². The van der Waals surface area contributed by atoms with E-state index in [9.17, 15) is 0 Å². The largest absolute Gasteiger partial charge is 0.310 e. The molecule has 0 unspecified atom stereocenters. The molecule has 1 nitrogen and oxygen atoms in total. The van der Waals surface area contributed by atoms with Crippen LogP contribution in [0.3, 0.4) is 0 Å². The standard InChI is InChI=1S/C46H33N/c1-4-12-34(13-5-1)36-20-22-37(23-21-36)38-26-29-44(30-27-38)47(43-18-8-3-9-19-43)46-33-42(28-31-45(46)39-15-6-2-7-16-39)41-25-24-35-14-10-11-17-40(35)32-41/h1-33H. The van der Waals surface area contributed by atoms with Crippen molar-refractivity contribution in [2.45, 2.75) is 0 Å². The second-order valence-electron chi connectivity index (χ2n) is 11.8. The highest BCUT2D eigenvalue weighted by Crippen LogP contribution is 2.43. The van der Waals surface area contributed by atoms with Crippen LogP contribution in [0.5, 0.6) is 0 Å². The van der Waals surface area contributed by atoms with Crippen LogP contribution in [0.2, 0.25) is 0 Å². The van der Waals surface area contributed by atoms with Crippen molar-refractivity contribution in [2.24, 2.45) is 0 Å². The van der Waals surface area contributed by atoms with Crippen LogP contribution in [-0.2, 0) is 0 Å². The summed E-state index contributed by atoms with van der Waals surface area (Å²) in [5.74, 6) is 0. The van der Waals surface area contributed by atoms with E-state index in [-0.39, 0.29) is 0 Å². The van der Waals surface area contributed by atoms with E-state index < -0.39 is 0 Å². The summed E-state index contributed by atoms with van der Waals surface area (Å²) in [6.45, 7) is 0. The minimum absolute atomic E-state index is 1.11. The molecule has 0 saturated carbocycles. The first-order valence-corrected chi connectivity index (χ1v) is 16.1. The first-order chi connectivity index (χ1) is 23.3. The van der Waals surface area contributed by atoms with Crippen molar-refractivity contribution in [3.05, 3.63) is 200 Å². The van der Waals surface area contributed by atoms with E-state index in [2.05, 4.69) is 205 Å². The molecule has 0 aliphatic rings. The molecule has 47 heavy (non-hydrogen) atoms. The van der Waals surface area contributed by atoms with Gasteiger partial charge in [-0.25, -0.2) is 0 Å². The van der Waals surface area contributed by atoms with E-state index >= 15 is 0 Å². The molecule has 0 spiro atoms. The molecule has 0 saturated heterocycles. The van der Waals surface area contributed by atoms with Crippen LogP contribution < -0.4 is 4.90 Å². The van der Waals surface area contributed by atoms with Crippen molar-refractivity contribution < 1.29 is 0 Å². The maximum absolute atomic E-state index is 2.38. The molecular formula is C46H33N. The molecule has 0 atom stereocenters. The maximum atomic E-state index is 2.38. The van der Waals surface area contributed by atoms with E-state index in [1.807, 2.05) is 0 Å². The van der Waals surface area contributed by atoms with Crippen molar-refractivity contribution >= 4 is 27.8 Å². The van der Waals surface area contributed by atoms with Crippen molar-refractivity contribution in [3.8, 4) is 44.5 Å². The Balaban J connectivity index is 1.23. The van der Waals surface area contributed by atoms with Gasteiger partial charge in [-0.05, 0) is 86.1 Å².